The Labute approximate surface area is 99.9 Å². The molecule has 2 heterocycles. The minimum absolute atomic E-state index is 0.140. The maximum absolute atomic E-state index is 11.1. The van der Waals surface area contributed by atoms with Gasteiger partial charge in [0.1, 0.15) is 5.56 Å². The Balaban J connectivity index is 2.50. The number of aromatic carboxylic acids is 1. The van der Waals surface area contributed by atoms with E-state index in [1.54, 1.807) is 16.5 Å². The Morgan fingerprint density at radius 1 is 1.47 bits per heavy atom. The van der Waals surface area contributed by atoms with Crippen LogP contribution in [0, 0.1) is 5.41 Å². The highest BCUT2D eigenvalue weighted by molar-refractivity contribution is 5.94. The lowest BCUT2D eigenvalue weighted by Crippen LogP contribution is -2.09. The summed E-state index contributed by atoms with van der Waals surface area (Å²) in [5.74, 6) is -0.941. The van der Waals surface area contributed by atoms with E-state index in [2.05, 4.69) is 25.8 Å². The van der Waals surface area contributed by atoms with Gasteiger partial charge < -0.3 is 9.51 Å². The lowest BCUT2D eigenvalue weighted by atomic mass is 9.91. The Bertz CT molecular complexity index is 564. The number of nitrogens with zero attached hydrogens (tertiary/aromatic N) is 2. The normalized spacial score (nSPS) is 11.9. The van der Waals surface area contributed by atoms with Gasteiger partial charge in [-0.1, -0.05) is 20.8 Å². The predicted molar refractivity (Wildman–Crippen MR) is 65.3 cm³/mol. The summed E-state index contributed by atoms with van der Waals surface area (Å²) in [6, 6.07) is 3.30. The highest BCUT2D eigenvalue weighted by Crippen LogP contribution is 2.21. The Morgan fingerprint density at radius 2 is 2.18 bits per heavy atom. The van der Waals surface area contributed by atoms with Crippen LogP contribution in [0.2, 0.25) is 0 Å². The van der Waals surface area contributed by atoms with E-state index >= 15 is 0 Å². The lowest BCUT2D eigenvalue weighted by Gasteiger charge is -2.15. The molecule has 0 fully saturated rings. The van der Waals surface area contributed by atoms with E-state index in [4.69, 9.17) is 5.11 Å². The molecule has 0 amide bonds. The first-order valence-corrected chi connectivity index (χ1v) is 5.57. The van der Waals surface area contributed by atoms with Crippen molar-refractivity contribution in [3.05, 3.63) is 35.8 Å². The molecule has 17 heavy (non-hydrogen) atoms. The molecule has 0 saturated heterocycles. The van der Waals surface area contributed by atoms with Gasteiger partial charge in [0, 0.05) is 12.4 Å². The minimum Gasteiger partial charge on any atom is -0.478 e. The summed E-state index contributed by atoms with van der Waals surface area (Å²) in [6.45, 7) is 6.40. The summed E-state index contributed by atoms with van der Waals surface area (Å²) in [4.78, 5) is 15.5. The van der Waals surface area contributed by atoms with Crippen molar-refractivity contribution in [2.75, 3.05) is 0 Å². The SMILES string of the molecule is CC(C)(C)Cc1cn2cccc(C(=O)O)c2n1. The van der Waals surface area contributed by atoms with Crippen LogP contribution in [0.1, 0.15) is 36.8 Å². The summed E-state index contributed by atoms with van der Waals surface area (Å²) in [5.41, 5.74) is 1.82. The van der Waals surface area contributed by atoms with Crippen LogP contribution in [0.25, 0.3) is 5.65 Å². The zero-order valence-corrected chi connectivity index (χ0v) is 10.3. The van der Waals surface area contributed by atoms with Gasteiger partial charge in [-0.25, -0.2) is 9.78 Å². The molecule has 0 aliphatic carbocycles. The maximum atomic E-state index is 11.1. The van der Waals surface area contributed by atoms with E-state index in [9.17, 15) is 4.79 Å². The van der Waals surface area contributed by atoms with Gasteiger partial charge >= 0.3 is 5.97 Å². The average molecular weight is 232 g/mol. The molecule has 2 aromatic rings. The maximum Gasteiger partial charge on any atom is 0.339 e. The predicted octanol–water partition coefficient (Wildman–Crippen LogP) is 2.62. The van der Waals surface area contributed by atoms with Crippen LogP contribution in [0.5, 0.6) is 0 Å². The van der Waals surface area contributed by atoms with Crippen LogP contribution in [-0.4, -0.2) is 20.5 Å². The number of pyridine rings is 1. The van der Waals surface area contributed by atoms with Crippen molar-refractivity contribution in [2.45, 2.75) is 27.2 Å². The molecule has 0 aromatic carbocycles. The number of carboxylic acid groups (broad SMARTS) is 1. The Hall–Kier alpha value is -1.84. The smallest absolute Gasteiger partial charge is 0.339 e. The number of imidazole rings is 1. The van der Waals surface area contributed by atoms with E-state index < -0.39 is 5.97 Å². The second-order valence-corrected chi connectivity index (χ2v) is 5.43. The van der Waals surface area contributed by atoms with Crippen molar-refractivity contribution in [1.29, 1.82) is 0 Å². The summed E-state index contributed by atoms with van der Waals surface area (Å²) in [5, 5.41) is 9.07. The summed E-state index contributed by atoms with van der Waals surface area (Å²) >= 11 is 0. The fraction of sp³-hybridized carbons (Fsp3) is 0.385. The third kappa shape index (κ3) is 2.46. The average Bonchev–Trinajstić information content (AvgIpc) is 2.55. The van der Waals surface area contributed by atoms with Crippen LogP contribution in [0.3, 0.4) is 0 Å². The number of carboxylic acids is 1. The highest BCUT2D eigenvalue weighted by atomic mass is 16.4. The quantitative estimate of drug-likeness (QED) is 0.866. The number of hydrogen-bond acceptors (Lipinski definition) is 2. The molecule has 4 heteroatoms. The molecule has 0 aliphatic heterocycles. The molecule has 0 saturated carbocycles. The molecule has 0 unspecified atom stereocenters. The van der Waals surface area contributed by atoms with E-state index in [0.717, 1.165) is 12.1 Å². The fourth-order valence-electron chi connectivity index (χ4n) is 1.86. The zero-order valence-electron chi connectivity index (χ0n) is 10.3. The van der Waals surface area contributed by atoms with Crippen LogP contribution in [0.4, 0.5) is 0 Å². The number of rotatable bonds is 2. The van der Waals surface area contributed by atoms with Crippen molar-refractivity contribution in [1.82, 2.24) is 9.38 Å². The van der Waals surface area contributed by atoms with Crippen molar-refractivity contribution in [3.63, 3.8) is 0 Å². The first-order valence-electron chi connectivity index (χ1n) is 5.57. The molecule has 0 atom stereocenters. The zero-order chi connectivity index (χ0) is 12.6. The largest absolute Gasteiger partial charge is 0.478 e. The van der Waals surface area contributed by atoms with Crippen LogP contribution < -0.4 is 0 Å². The molecule has 90 valence electrons. The molecule has 0 spiro atoms. The van der Waals surface area contributed by atoms with Gasteiger partial charge in [0.05, 0.1) is 5.69 Å². The number of hydrogen-bond donors (Lipinski definition) is 1. The first kappa shape index (κ1) is 11.6. The van der Waals surface area contributed by atoms with Gasteiger partial charge in [0.2, 0.25) is 0 Å². The fourth-order valence-corrected chi connectivity index (χ4v) is 1.86. The molecule has 0 aliphatic rings. The van der Waals surface area contributed by atoms with Crippen molar-refractivity contribution in [2.24, 2.45) is 5.41 Å². The second kappa shape index (κ2) is 3.87. The van der Waals surface area contributed by atoms with Crippen LogP contribution in [0.15, 0.2) is 24.5 Å². The Kier molecular flexibility index (Phi) is 2.65. The Morgan fingerprint density at radius 3 is 2.76 bits per heavy atom. The third-order valence-electron chi connectivity index (χ3n) is 2.47. The topological polar surface area (TPSA) is 54.6 Å². The second-order valence-electron chi connectivity index (χ2n) is 5.43. The number of aromatic nitrogens is 2. The molecule has 2 rings (SSSR count). The van der Waals surface area contributed by atoms with Gasteiger partial charge in [-0.3, -0.25) is 0 Å². The first-order chi connectivity index (χ1) is 7.87. The number of fused-ring (bicyclic) bond motifs is 1. The molecule has 4 nitrogen and oxygen atoms in total. The highest BCUT2D eigenvalue weighted by Gasteiger charge is 2.16. The molecular weight excluding hydrogens is 216 g/mol. The van der Waals surface area contributed by atoms with Gasteiger partial charge in [-0.2, -0.15) is 0 Å². The molecule has 1 N–H and O–H groups in total. The molecule has 2 aromatic heterocycles. The van der Waals surface area contributed by atoms with E-state index in [1.165, 1.54) is 0 Å². The van der Waals surface area contributed by atoms with E-state index in [-0.39, 0.29) is 11.0 Å². The monoisotopic (exact) mass is 232 g/mol. The van der Waals surface area contributed by atoms with Gasteiger partial charge in [-0.05, 0) is 24.0 Å². The molecule has 0 radical (unpaired) electrons. The van der Waals surface area contributed by atoms with E-state index in [1.807, 2.05) is 12.4 Å². The standard InChI is InChI=1S/C13H16N2O2/c1-13(2,3)7-9-8-15-6-4-5-10(12(16)17)11(15)14-9/h4-6,8H,7H2,1-3H3,(H,16,17). The number of carbonyl (C=O) groups is 1. The van der Waals surface area contributed by atoms with Crippen molar-refractivity contribution in [3.8, 4) is 0 Å². The van der Waals surface area contributed by atoms with Crippen LogP contribution in [-0.2, 0) is 6.42 Å². The summed E-state index contributed by atoms with van der Waals surface area (Å²) in [7, 11) is 0. The summed E-state index contributed by atoms with van der Waals surface area (Å²) < 4.78 is 1.77. The minimum atomic E-state index is -0.941. The summed E-state index contributed by atoms with van der Waals surface area (Å²) in [6.07, 6.45) is 4.54. The van der Waals surface area contributed by atoms with Gasteiger partial charge in [-0.15, -0.1) is 0 Å². The molecule has 0 bridgehead atoms. The molecular formula is C13H16N2O2. The van der Waals surface area contributed by atoms with E-state index in [0.29, 0.717) is 5.65 Å². The van der Waals surface area contributed by atoms with Crippen molar-refractivity contribution >= 4 is 11.6 Å². The third-order valence-corrected chi connectivity index (χ3v) is 2.47. The van der Waals surface area contributed by atoms with Gasteiger partial charge in [0.15, 0.2) is 5.65 Å². The van der Waals surface area contributed by atoms with Crippen molar-refractivity contribution < 1.29 is 9.90 Å². The van der Waals surface area contributed by atoms with Crippen LogP contribution >= 0.6 is 0 Å². The van der Waals surface area contributed by atoms with Gasteiger partial charge in [0.25, 0.3) is 0 Å². The lowest BCUT2D eigenvalue weighted by molar-refractivity contribution is 0.0698.